The van der Waals surface area contributed by atoms with Crippen LogP contribution in [0.15, 0.2) is 18.5 Å². The Morgan fingerprint density at radius 3 is 2.76 bits per heavy atom. The van der Waals surface area contributed by atoms with Gasteiger partial charge < -0.3 is 15.2 Å². The van der Waals surface area contributed by atoms with E-state index in [1.165, 1.54) is 18.5 Å². The van der Waals surface area contributed by atoms with E-state index in [0.717, 1.165) is 0 Å². The van der Waals surface area contributed by atoms with Gasteiger partial charge in [-0.3, -0.25) is 9.78 Å². The molecular weight excluding hydrogens is 224 g/mol. The Kier molecular flexibility index (Phi) is 4.45. The molecule has 0 aromatic carbocycles. The van der Waals surface area contributed by atoms with Crippen LogP contribution in [0.4, 0.5) is 0 Å². The Bertz CT molecular complexity index is 418. The number of pyridine rings is 1. The van der Waals surface area contributed by atoms with Crippen molar-refractivity contribution in [1.82, 2.24) is 10.3 Å². The van der Waals surface area contributed by atoms with Crippen molar-refractivity contribution in [2.75, 3.05) is 6.61 Å². The summed E-state index contributed by atoms with van der Waals surface area (Å²) in [6, 6.07) is 1.35. The van der Waals surface area contributed by atoms with Gasteiger partial charge in [0.05, 0.1) is 11.8 Å². The molecular formula is C11H14N2O4. The number of hydrogen-bond donors (Lipinski definition) is 2. The van der Waals surface area contributed by atoms with Gasteiger partial charge in [-0.2, -0.15) is 0 Å². The lowest BCUT2D eigenvalue weighted by Crippen LogP contribution is -2.34. The Morgan fingerprint density at radius 2 is 2.18 bits per heavy atom. The average molecular weight is 238 g/mol. The zero-order valence-electron chi connectivity index (χ0n) is 9.64. The molecule has 17 heavy (non-hydrogen) atoms. The molecule has 0 aliphatic carbocycles. The summed E-state index contributed by atoms with van der Waals surface area (Å²) in [5, 5.41) is 11.4. The number of carboxylic acids is 1. The Morgan fingerprint density at radius 1 is 1.47 bits per heavy atom. The molecule has 1 aromatic rings. The number of carbonyl (C=O) groups is 2. The number of carboxylic acid groups (broad SMARTS) is 1. The van der Waals surface area contributed by atoms with Crippen molar-refractivity contribution in [1.29, 1.82) is 0 Å². The lowest BCUT2D eigenvalue weighted by atomic mass is 10.3. The lowest BCUT2D eigenvalue weighted by Gasteiger charge is -2.09. The molecule has 6 heteroatoms. The van der Waals surface area contributed by atoms with Crippen molar-refractivity contribution in [2.45, 2.75) is 19.9 Å². The van der Waals surface area contributed by atoms with Gasteiger partial charge in [-0.05, 0) is 19.9 Å². The van der Waals surface area contributed by atoms with E-state index in [-0.39, 0.29) is 29.9 Å². The molecule has 0 spiro atoms. The standard InChI is InChI=1S/C11H14N2O4/c1-7(2)13-10(14)6-17-9-3-8(11(15)16)4-12-5-9/h3-5,7H,6H2,1-2H3,(H,13,14)(H,15,16). The zero-order valence-corrected chi connectivity index (χ0v) is 9.64. The topological polar surface area (TPSA) is 88.5 Å². The van der Waals surface area contributed by atoms with E-state index in [2.05, 4.69) is 10.3 Å². The summed E-state index contributed by atoms with van der Waals surface area (Å²) in [5.74, 6) is -1.10. The van der Waals surface area contributed by atoms with Crippen molar-refractivity contribution in [3.63, 3.8) is 0 Å². The summed E-state index contributed by atoms with van der Waals surface area (Å²) in [6.45, 7) is 3.51. The zero-order chi connectivity index (χ0) is 12.8. The van der Waals surface area contributed by atoms with E-state index in [1.807, 2.05) is 13.8 Å². The fourth-order valence-electron chi connectivity index (χ4n) is 1.13. The van der Waals surface area contributed by atoms with E-state index in [4.69, 9.17) is 9.84 Å². The van der Waals surface area contributed by atoms with Gasteiger partial charge in [-0.1, -0.05) is 0 Å². The van der Waals surface area contributed by atoms with Gasteiger partial charge in [-0.15, -0.1) is 0 Å². The molecule has 0 saturated heterocycles. The van der Waals surface area contributed by atoms with Crippen LogP contribution in [-0.4, -0.2) is 34.6 Å². The number of amides is 1. The quantitative estimate of drug-likeness (QED) is 0.787. The van der Waals surface area contributed by atoms with Crippen molar-refractivity contribution in [2.24, 2.45) is 0 Å². The van der Waals surface area contributed by atoms with Crippen molar-refractivity contribution in [3.8, 4) is 5.75 Å². The van der Waals surface area contributed by atoms with E-state index in [1.54, 1.807) is 0 Å². The first-order chi connectivity index (χ1) is 7.99. The maximum Gasteiger partial charge on any atom is 0.337 e. The fraction of sp³-hybridized carbons (Fsp3) is 0.364. The number of aromatic nitrogens is 1. The van der Waals surface area contributed by atoms with Gasteiger partial charge in [0.15, 0.2) is 6.61 Å². The first kappa shape index (κ1) is 13.0. The second kappa shape index (κ2) is 5.83. The third-order valence-corrected chi connectivity index (χ3v) is 1.78. The average Bonchev–Trinajstić information content (AvgIpc) is 2.26. The monoisotopic (exact) mass is 238 g/mol. The third-order valence-electron chi connectivity index (χ3n) is 1.78. The Labute approximate surface area is 98.6 Å². The van der Waals surface area contributed by atoms with Crippen LogP contribution in [-0.2, 0) is 4.79 Å². The molecule has 0 atom stereocenters. The predicted octanol–water partition coefficient (Wildman–Crippen LogP) is 0.683. The summed E-state index contributed by atoms with van der Waals surface area (Å²) in [4.78, 5) is 25.6. The largest absolute Gasteiger partial charge is 0.482 e. The van der Waals surface area contributed by atoms with Gasteiger partial charge in [0.25, 0.3) is 5.91 Å². The molecule has 6 nitrogen and oxygen atoms in total. The van der Waals surface area contributed by atoms with Crippen LogP contribution in [0.5, 0.6) is 5.75 Å². The van der Waals surface area contributed by atoms with Crippen LogP contribution < -0.4 is 10.1 Å². The van der Waals surface area contributed by atoms with E-state index < -0.39 is 5.97 Å². The number of nitrogens with one attached hydrogen (secondary N) is 1. The summed E-state index contributed by atoms with van der Waals surface area (Å²) in [7, 11) is 0. The molecule has 0 unspecified atom stereocenters. The summed E-state index contributed by atoms with van der Waals surface area (Å²) in [6.07, 6.45) is 2.57. The minimum Gasteiger partial charge on any atom is -0.482 e. The molecule has 0 bridgehead atoms. The van der Waals surface area contributed by atoms with Crippen LogP contribution in [0.2, 0.25) is 0 Å². The van der Waals surface area contributed by atoms with Crippen LogP contribution in [0.1, 0.15) is 24.2 Å². The highest BCUT2D eigenvalue weighted by atomic mass is 16.5. The van der Waals surface area contributed by atoms with Gasteiger partial charge in [0.1, 0.15) is 5.75 Å². The van der Waals surface area contributed by atoms with Crippen LogP contribution in [0, 0.1) is 0 Å². The Hall–Kier alpha value is -2.11. The van der Waals surface area contributed by atoms with Gasteiger partial charge in [-0.25, -0.2) is 4.79 Å². The second-order valence-electron chi connectivity index (χ2n) is 3.73. The smallest absolute Gasteiger partial charge is 0.337 e. The maximum absolute atomic E-state index is 11.3. The SMILES string of the molecule is CC(C)NC(=O)COc1cncc(C(=O)O)c1. The number of ether oxygens (including phenoxy) is 1. The highest BCUT2D eigenvalue weighted by Crippen LogP contribution is 2.10. The minimum atomic E-state index is -1.09. The molecule has 0 radical (unpaired) electrons. The highest BCUT2D eigenvalue weighted by Gasteiger charge is 2.07. The van der Waals surface area contributed by atoms with Crippen molar-refractivity contribution >= 4 is 11.9 Å². The summed E-state index contributed by atoms with van der Waals surface area (Å²) in [5.41, 5.74) is 0.0202. The van der Waals surface area contributed by atoms with E-state index >= 15 is 0 Å². The third kappa shape index (κ3) is 4.50. The van der Waals surface area contributed by atoms with Crippen molar-refractivity contribution < 1.29 is 19.4 Å². The molecule has 1 heterocycles. The number of hydrogen-bond acceptors (Lipinski definition) is 4. The maximum atomic E-state index is 11.3. The first-order valence-corrected chi connectivity index (χ1v) is 5.09. The number of aromatic carboxylic acids is 1. The molecule has 92 valence electrons. The predicted molar refractivity (Wildman–Crippen MR) is 60.0 cm³/mol. The number of rotatable bonds is 5. The van der Waals surface area contributed by atoms with Crippen molar-refractivity contribution in [3.05, 3.63) is 24.0 Å². The number of carbonyl (C=O) groups excluding carboxylic acids is 1. The van der Waals surface area contributed by atoms with Crippen LogP contribution in [0.3, 0.4) is 0 Å². The molecule has 1 aromatic heterocycles. The second-order valence-corrected chi connectivity index (χ2v) is 3.73. The summed E-state index contributed by atoms with van der Waals surface area (Å²) >= 11 is 0. The molecule has 2 N–H and O–H groups in total. The molecule has 0 aliphatic rings. The van der Waals surface area contributed by atoms with Gasteiger partial charge in [0, 0.05) is 12.2 Å². The molecule has 1 rings (SSSR count). The molecule has 0 aliphatic heterocycles. The summed E-state index contributed by atoms with van der Waals surface area (Å²) < 4.78 is 5.12. The van der Waals surface area contributed by atoms with Gasteiger partial charge in [0.2, 0.25) is 0 Å². The van der Waals surface area contributed by atoms with E-state index in [9.17, 15) is 9.59 Å². The molecule has 0 saturated carbocycles. The first-order valence-electron chi connectivity index (χ1n) is 5.09. The van der Waals surface area contributed by atoms with Crippen LogP contribution >= 0.6 is 0 Å². The minimum absolute atomic E-state index is 0.0202. The van der Waals surface area contributed by atoms with Gasteiger partial charge >= 0.3 is 5.97 Å². The molecule has 0 fully saturated rings. The highest BCUT2D eigenvalue weighted by molar-refractivity contribution is 5.87. The molecule has 1 amide bonds. The Balaban J connectivity index is 2.54. The normalized spacial score (nSPS) is 10.1. The van der Waals surface area contributed by atoms with Crippen LogP contribution in [0.25, 0.3) is 0 Å². The number of nitrogens with zero attached hydrogens (tertiary/aromatic N) is 1. The van der Waals surface area contributed by atoms with E-state index in [0.29, 0.717) is 0 Å². The fourth-order valence-corrected chi connectivity index (χ4v) is 1.13. The lowest BCUT2D eigenvalue weighted by molar-refractivity contribution is -0.123.